The Bertz CT molecular complexity index is 1120. The van der Waals surface area contributed by atoms with Gasteiger partial charge in [-0.3, -0.25) is 4.79 Å². The van der Waals surface area contributed by atoms with Gasteiger partial charge in [-0.15, -0.1) is 0 Å². The number of rotatable bonds is 6. The van der Waals surface area contributed by atoms with Crippen LogP contribution in [0, 0.1) is 0 Å². The lowest BCUT2D eigenvalue weighted by Gasteiger charge is -2.17. The summed E-state index contributed by atoms with van der Waals surface area (Å²) in [6.45, 7) is 2.74. The maximum absolute atomic E-state index is 12.9. The Hall–Kier alpha value is -3.11. The van der Waals surface area contributed by atoms with Crippen LogP contribution in [0.2, 0.25) is 5.02 Å². The van der Waals surface area contributed by atoms with Crippen molar-refractivity contribution in [1.82, 2.24) is 14.9 Å². The molecule has 0 bridgehead atoms. The standard InChI is InChI=1S/C24H22ClN3O/c1-2-21(18-6-4-3-5-7-18)27-24(29)19-10-13-22-23(14-19)28(16-26-22)15-17-8-11-20(25)12-9-17/h3-14,16,21H,2,15H2,1H3,(H,27,29). The molecule has 0 saturated heterocycles. The molecule has 4 aromatic rings. The molecule has 3 aromatic carbocycles. The van der Waals surface area contributed by atoms with Gasteiger partial charge in [0.25, 0.3) is 5.91 Å². The van der Waals surface area contributed by atoms with E-state index in [1.54, 1.807) is 6.33 Å². The number of carbonyl (C=O) groups excluding carboxylic acids is 1. The summed E-state index contributed by atoms with van der Waals surface area (Å²) in [4.78, 5) is 17.4. The maximum Gasteiger partial charge on any atom is 0.251 e. The van der Waals surface area contributed by atoms with Crippen LogP contribution in [0.25, 0.3) is 11.0 Å². The number of amides is 1. The van der Waals surface area contributed by atoms with Crippen molar-refractivity contribution >= 4 is 28.5 Å². The fourth-order valence-electron chi connectivity index (χ4n) is 3.46. The second-order valence-electron chi connectivity index (χ2n) is 7.05. The molecule has 0 aliphatic heterocycles. The minimum absolute atomic E-state index is 0.0154. The Morgan fingerprint density at radius 1 is 1.07 bits per heavy atom. The fraction of sp³-hybridized carbons (Fsp3) is 0.167. The first-order valence-electron chi connectivity index (χ1n) is 9.69. The van der Waals surface area contributed by atoms with Crippen LogP contribution in [0.3, 0.4) is 0 Å². The zero-order valence-electron chi connectivity index (χ0n) is 16.2. The fourth-order valence-corrected chi connectivity index (χ4v) is 3.58. The van der Waals surface area contributed by atoms with Gasteiger partial charge in [-0.1, -0.05) is 61.0 Å². The number of halogens is 1. The Morgan fingerprint density at radius 2 is 1.83 bits per heavy atom. The van der Waals surface area contributed by atoms with E-state index in [4.69, 9.17) is 11.6 Å². The van der Waals surface area contributed by atoms with E-state index in [1.807, 2.05) is 77.4 Å². The van der Waals surface area contributed by atoms with Gasteiger partial charge in [-0.05, 0) is 47.9 Å². The molecule has 0 aliphatic rings. The van der Waals surface area contributed by atoms with E-state index in [0.29, 0.717) is 17.1 Å². The molecule has 4 nitrogen and oxygen atoms in total. The number of benzene rings is 3. The molecule has 29 heavy (non-hydrogen) atoms. The third kappa shape index (κ3) is 4.33. The highest BCUT2D eigenvalue weighted by molar-refractivity contribution is 6.30. The first-order valence-corrected chi connectivity index (χ1v) is 10.1. The van der Waals surface area contributed by atoms with Crippen molar-refractivity contribution in [3.63, 3.8) is 0 Å². The molecule has 1 amide bonds. The van der Waals surface area contributed by atoms with E-state index < -0.39 is 0 Å². The van der Waals surface area contributed by atoms with E-state index in [0.717, 1.165) is 28.6 Å². The number of nitrogens with zero attached hydrogens (tertiary/aromatic N) is 2. The van der Waals surface area contributed by atoms with Crippen molar-refractivity contribution < 1.29 is 4.79 Å². The van der Waals surface area contributed by atoms with Gasteiger partial charge in [0, 0.05) is 17.1 Å². The number of carbonyl (C=O) groups is 1. The molecule has 0 saturated carbocycles. The molecule has 0 spiro atoms. The Balaban J connectivity index is 1.57. The van der Waals surface area contributed by atoms with E-state index >= 15 is 0 Å². The van der Waals surface area contributed by atoms with Crippen molar-refractivity contribution in [2.24, 2.45) is 0 Å². The lowest BCUT2D eigenvalue weighted by Crippen LogP contribution is -2.28. The molecular weight excluding hydrogens is 382 g/mol. The first kappa shape index (κ1) is 19.2. The highest BCUT2D eigenvalue weighted by atomic mass is 35.5. The number of imidazole rings is 1. The van der Waals surface area contributed by atoms with Crippen molar-refractivity contribution in [2.75, 3.05) is 0 Å². The molecule has 1 atom stereocenters. The Morgan fingerprint density at radius 3 is 2.55 bits per heavy atom. The van der Waals surface area contributed by atoms with Gasteiger partial charge in [0.15, 0.2) is 0 Å². The molecule has 1 N–H and O–H groups in total. The molecule has 0 fully saturated rings. The highest BCUT2D eigenvalue weighted by Crippen LogP contribution is 2.20. The summed E-state index contributed by atoms with van der Waals surface area (Å²) in [5.41, 5.74) is 4.66. The smallest absolute Gasteiger partial charge is 0.251 e. The molecule has 146 valence electrons. The average molecular weight is 404 g/mol. The van der Waals surface area contributed by atoms with Gasteiger partial charge >= 0.3 is 0 Å². The largest absolute Gasteiger partial charge is 0.345 e. The molecule has 1 unspecified atom stereocenters. The van der Waals surface area contributed by atoms with Gasteiger partial charge in [0.05, 0.1) is 23.4 Å². The van der Waals surface area contributed by atoms with Crippen molar-refractivity contribution in [2.45, 2.75) is 25.9 Å². The average Bonchev–Trinajstić information content (AvgIpc) is 3.16. The second-order valence-corrected chi connectivity index (χ2v) is 7.48. The number of hydrogen-bond donors (Lipinski definition) is 1. The van der Waals surface area contributed by atoms with Gasteiger partial charge < -0.3 is 9.88 Å². The van der Waals surface area contributed by atoms with Gasteiger partial charge in [0.2, 0.25) is 0 Å². The van der Waals surface area contributed by atoms with Crippen LogP contribution < -0.4 is 5.32 Å². The van der Waals surface area contributed by atoms with Gasteiger partial charge in [-0.25, -0.2) is 4.98 Å². The predicted molar refractivity (Wildman–Crippen MR) is 117 cm³/mol. The van der Waals surface area contributed by atoms with Crippen molar-refractivity contribution in [1.29, 1.82) is 0 Å². The third-order valence-corrected chi connectivity index (χ3v) is 5.32. The lowest BCUT2D eigenvalue weighted by molar-refractivity contribution is 0.0935. The summed E-state index contributed by atoms with van der Waals surface area (Å²) in [5.74, 6) is -0.0816. The second kappa shape index (κ2) is 8.50. The minimum atomic E-state index is -0.0816. The molecule has 0 radical (unpaired) electrons. The van der Waals surface area contributed by atoms with Crippen LogP contribution in [-0.4, -0.2) is 15.5 Å². The number of aromatic nitrogens is 2. The molecule has 0 aliphatic carbocycles. The number of hydrogen-bond acceptors (Lipinski definition) is 2. The number of fused-ring (bicyclic) bond motifs is 1. The molecule has 1 aromatic heterocycles. The summed E-state index contributed by atoms with van der Waals surface area (Å²) in [7, 11) is 0. The van der Waals surface area contributed by atoms with Gasteiger partial charge in [0.1, 0.15) is 0 Å². The van der Waals surface area contributed by atoms with E-state index in [9.17, 15) is 4.79 Å². The van der Waals surface area contributed by atoms with Crippen LogP contribution >= 0.6 is 11.6 Å². The van der Waals surface area contributed by atoms with Crippen LogP contribution in [0.4, 0.5) is 0 Å². The quantitative estimate of drug-likeness (QED) is 0.454. The zero-order valence-corrected chi connectivity index (χ0v) is 16.9. The van der Waals surface area contributed by atoms with Crippen LogP contribution in [0.1, 0.15) is 40.9 Å². The predicted octanol–water partition coefficient (Wildman–Crippen LogP) is 5.62. The Labute approximate surface area is 175 Å². The van der Waals surface area contributed by atoms with Crippen LogP contribution in [0.15, 0.2) is 79.1 Å². The summed E-state index contributed by atoms with van der Waals surface area (Å²) in [6, 6.07) is 23.4. The summed E-state index contributed by atoms with van der Waals surface area (Å²) < 4.78 is 2.05. The monoisotopic (exact) mass is 403 g/mol. The summed E-state index contributed by atoms with van der Waals surface area (Å²) in [6.07, 6.45) is 2.63. The normalized spacial score (nSPS) is 12.1. The van der Waals surface area contributed by atoms with Crippen molar-refractivity contribution in [3.8, 4) is 0 Å². The highest BCUT2D eigenvalue weighted by Gasteiger charge is 2.15. The zero-order chi connectivity index (χ0) is 20.2. The molecule has 5 heteroatoms. The first-order chi connectivity index (χ1) is 14.1. The van der Waals surface area contributed by atoms with Crippen molar-refractivity contribution in [3.05, 3.63) is 101 Å². The van der Waals surface area contributed by atoms with E-state index in [1.165, 1.54) is 0 Å². The van der Waals surface area contributed by atoms with Crippen LogP contribution in [-0.2, 0) is 6.54 Å². The van der Waals surface area contributed by atoms with E-state index in [-0.39, 0.29) is 11.9 Å². The molecular formula is C24H22ClN3O. The lowest BCUT2D eigenvalue weighted by atomic mass is 10.0. The van der Waals surface area contributed by atoms with E-state index in [2.05, 4.69) is 17.2 Å². The topological polar surface area (TPSA) is 46.9 Å². The minimum Gasteiger partial charge on any atom is -0.345 e. The summed E-state index contributed by atoms with van der Waals surface area (Å²) in [5, 5.41) is 3.86. The Kier molecular flexibility index (Phi) is 5.63. The summed E-state index contributed by atoms with van der Waals surface area (Å²) >= 11 is 5.98. The SMILES string of the molecule is CCC(NC(=O)c1ccc2ncn(Cc3ccc(Cl)cc3)c2c1)c1ccccc1. The molecule has 4 rings (SSSR count). The van der Waals surface area contributed by atoms with Crippen LogP contribution in [0.5, 0.6) is 0 Å². The maximum atomic E-state index is 12.9. The molecule has 1 heterocycles. The third-order valence-electron chi connectivity index (χ3n) is 5.06. The van der Waals surface area contributed by atoms with Gasteiger partial charge in [-0.2, -0.15) is 0 Å². The number of nitrogens with one attached hydrogen (secondary N) is 1.